The van der Waals surface area contributed by atoms with E-state index in [2.05, 4.69) is 25.9 Å². The predicted molar refractivity (Wildman–Crippen MR) is 114 cm³/mol. The summed E-state index contributed by atoms with van der Waals surface area (Å²) in [6.07, 6.45) is 4.43. The lowest BCUT2D eigenvalue weighted by atomic mass is 10.1. The lowest BCUT2D eigenvalue weighted by Crippen LogP contribution is -2.52. The second-order valence-corrected chi connectivity index (χ2v) is 7.89. The van der Waals surface area contributed by atoms with E-state index < -0.39 is 0 Å². The zero-order valence-corrected chi connectivity index (χ0v) is 17.3. The van der Waals surface area contributed by atoms with E-state index in [0.717, 1.165) is 56.1 Å². The van der Waals surface area contributed by atoms with Crippen LogP contribution in [0.1, 0.15) is 23.4 Å². The molecule has 0 radical (unpaired) electrons. The fraction of sp³-hybridized carbons (Fsp3) is 0.391. The molecule has 1 aliphatic heterocycles. The molecule has 0 amide bonds. The predicted octanol–water partition coefficient (Wildman–Crippen LogP) is 2.78. The standard InChI is InChI=1S/C23H28FN5O/c1-18-5-4-6-20(26-18)16-28-11-10-27(17-21(28)9-12-30)14-19-13-25-29(15-19)23-8-3-2-7-22(23)24/h2-8,13,15,21,30H,9-12,14,16-17H2,1H3/t21-/m1/s1. The Kier molecular flexibility index (Phi) is 6.52. The first-order valence-corrected chi connectivity index (χ1v) is 10.4. The Morgan fingerprint density at radius 1 is 1.10 bits per heavy atom. The summed E-state index contributed by atoms with van der Waals surface area (Å²) in [6, 6.07) is 13.0. The number of hydrogen-bond acceptors (Lipinski definition) is 5. The number of aliphatic hydroxyl groups excluding tert-OH is 1. The molecule has 1 aliphatic rings. The van der Waals surface area contributed by atoms with Crippen molar-refractivity contribution in [2.24, 2.45) is 0 Å². The molecular weight excluding hydrogens is 381 g/mol. The van der Waals surface area contributed by atoms with Crippen molar-refractivity contribution in [3.63, 3.8) is 0 Å². The molecule has 4 rings (SSSR count). The van der Waals surface area contributed by atoms with Gasteiger partial charge in [-0.2, -0.15) is 5.10 Å². The highest BCUT2D eigenvalue weighted by Gasteiger charge is 2.27. The highest BCUT2D eigenvalue weighted by atomic mass is 19.1. The maximum Gasteiger partial charge on any atom is 0.148 e. The zero-order chi connectivity index (χ0) is 20.9. The van der Waals surface area contributed by atoms with E-state index in [0.29, 0.717) is 5.69 Å². The van der Waals surface area contributed by atoms with Gasteiger partial charge in [0.05, 0.1) is 11.9 Å². The number of aryl methyl sites for hydroxylation is 1. The summed E-state index contributed by atoms with van der Waals surface area (Å²) < 4.78 is 15.6. The van der Waals surface area contributed by atoms with E-state index in [1.54, 1.807) is 23.0 Å². The number of piperazine rings is 1. The first-order valence-electron chi connectivity index (χ1n) is 10.4. The summed E-state index contributed by atoms with van der Waals surface area (Å²) in [5.74, 6) is -0.284. The molecule has 1 atom stereocenters. The van der Waals surface area contributed by atoms with Gasteiger partial charge in [-0.05, 0) is 37.6 Å². The van der Waals surface area contributed by atoms with Crippen LogP contribution in [0.15, 0.2) is 54.9 Å². The third-order valence-corrected chi connectivity index (χ3v) is 5.60. The molecular formula is C23H28FN5O. The first-order chi connectivity index (χ1) is 14.6. The average Bonchev–Trinajstić information content (AvgIpc) is 3.19. The molecule has 7 heteroatoms. The smallest absolute Gasteiger partial charge is 0.148 e. The van der Waals surface area contributed by atoms with E-state index in [9.17, 15) is 9.50 Å². The molecule has 158 valence electrons. The van der Waals surface area contributed by atoms with Crippen molar-refractivity contribution in [1.82, 2.24) is 24.6 Å². The minimum atomic E-state index is -0.284. The normalized spacial score (nSPS) is 18.0. The summed E-state index contributed by atoms with van der Waals surface area (Å²) in [7, 11) is 0. The van der Waals surface area contributed by atoms with Gasteiger partial charge in [-0.15, -0.1) is 0 Å². The van der Waals surface area contributed by atoms with E-state index in [-0.39, 0.29) is 18.5 Å². The van der Waals surface area contributed by atoms with Crippen molar-refractivity contribution >= 4 is 0 Å². The second-order valence-electron chi connectivity index (χ2n) is 7.89. The Hall–Kier alpha value is -2.61. The van der Waals surface area contributed by atoms with Gasteiger partial charge in [-0.1, -0.05) is 18.2 Å². The first kappa shape index (κ1) is 20.7. The van der Waals surface area contributed by atoms with Crippen LogP contribution >= 0.6 is 0 Å². The van der Waals surface area contributed by atoms with Crippen LogP contribution in [-0.2, 0) is 13.1 Å². The lowest BCUT2D eigenvalue weighted by Gasteiger charge is -2.41. The molecule has 3 aromatic rings. The highest BCUT2D eigenvalue weighted by molar-refractivity contribution is 5.33. The number of para-hydroxylation sites is 1. The van der Waals surface area contributed by atoms with E-state index in [1.807, 2.05) is 31.3 Å². The van der Waals surface area contributed by atoms with E-state index in [4.69, 9.17) is 0 Å². The van der Waals surface area contributed by atoms with E-state index >= 15 is 0 Å². The fourth-order valence-electron chi connectivity index (χ4n) is 4.10. The minimum absolute atomic E-state index is 0.168. The Bertz CT molecular complexity index is 975. The van der Waals surface area contributed by atoms with Crippen molar-refractivity contribution < 1.29 is 9.50 Å². The molecule has 0 aliphatic carbocycles. The third-order valence-electron chi connectivity index (χ3n) is 5.60. The van der Waals surface area contributed by atoms with Crippen molar-refractivity contribution in [3.05, 3.63) is 77.6 Å². The van der Waals surface area contributed by atoms with Crippen molar-refractivity contribution in [1.29, 1.82) is 0 Å². The van der Waals surface area contributed by atoms with Crippen molar-refractivity contribution in [2.75, 3.05) is 26.2 Å². The Balaban J connectivity index is 1.40. The van der Waals surface area contributed by atoms with Gasteiger partial charge in [0.25, 0.3) is 0 Å². The maximum atomic E-state index is 14.0. The monoisotopic (exact) mass is 409 g/mol. The zero-order valence-electron chi connectivity index (χ0n) is 17.3. The number of halogens is 1. The Labute approximate surface area is 176 Å². The van der Waals surface area contributed by atoms with Gasteiger partial charge < -0.3 is 5.11 Å². The molecule has 1 fully saturated rings. The van der Waals surface area contributed by atoms with E-state index in [1.165, 1.54) is 6.07 Å². The van der Waals surface area contributed by atoms with Crippen molar-refractivity contribution in [2.45, 2.75) is 32.5 Å². The lowest BCUT2D eigenvalue weighted by molar-refractivity contribution is 0.0491. The highest BCUT2D eigenvalue weighted by Crippen LogP contribution is 2.19. The molecule has 6 nitrogen and oxygen atoms in total. The van der Waals surface area contributed by atoms with Crippen LogP contribution in [0.3, 0.4) is 0 Å². The fourth-order valence-corrected chi connectivity index (χ4v) is 4.10. The van der Waals surface area contributed by atoms with Gasteiger partial charge in [0.15, 0.2) is 0 Å². The molecule has 0 bridgehead atoms. The number of aliphatic hydroxyl groups is 1. The molecule has 30 heavy (non-hydrogen) atoms. The Morgan fingerprint density at radius 3 is 2.77 bits per heavy atom. The molecule has 1 N–H and O–H groups in total. The molecule has 1 saturated heterocycles. The Morgan fingerprint density at radius 2 is 1.97 bits per heavy atom. The summed E-state index contributed by atoms with van der Waals surface area (Å²) >= 11 is 0. The number of hydrogen-bond donors (Lipinski definition) is 1. The summed E-state index contributed by atoms with van der Waals surface area (Å²) in [4.78, 5) is 9.42. The van der Waals surface area contributed by atoms with Gasteiger partial charge in [-0.3, -0.25) is 14.8 Å². The SMILES string of the molecule is Cc1cccc(CN2CCN(Cc3cnn(-c4ccccc4F)c3)C[C@H]2CCO)n1. The number of pyridine rings is 1. The van der Waals surface area contributed by atoms with Gasteiger partial charge in [0.2, 0.25) is 0 Å². The summed E-state index contributed by atoms with van der Waals surface area (Å²) in [6.45, 7) is 6.45. The molecule has 3 heterocycles. The molecule has 0 unspecified atom stereocenters. The minimum Gasteiger partial charge on any atom is -0.396 e. The largest absolute Gasteiger partial charge is 0.396 e. The van der Waals surface area contributed by atoms with Crippen LogP contribution in [0, 0.1) is 12.7 Å². The van der Waals surface area contributed by atoms with Gasteiger partial charge in [0.1, 0.15) is 11.5 Å². The molecule has 2 aromatic heterocycles. The molecule has 0 saturated carbocycles. The number of rotatable bonds is 7. The van der Waals surface area contributed by atoms with Crippen LogP contribution in [-0.4, -0.2) is 62.0 Å². The third kappa shape index (κ3) is 4.92. The van der Waals surface area contributed by atoms with Gasteiger partial charge >= 0.3 is 0 Å². The molecule has 0 spiro atoms. The second kappa shape index (κ2) is 9.47. The number of aromatic nitrogens is 3. The van der Waals surface area contributed by atoms with Crippen LogP contribution in [0.4, 0.5) is 4.39 Å². The van der Waals surface area contributed by atoms with Crippen LogP contribution in [0.2, 0.25) is 0 Å². The number of nitrogens with zero attached hydrogens (tertiary/aromatic N) is 5. The summed E-state index contributed by atoms with van der Waals surface area (Å²) in [5.41, 5.74) is 3.60. The maximum absolute atomic E-state index is 14.0. The molecule has 1 aromatic carbocycles. The quantitative estimate of drug-likeness (QED) is 0.650. The number of benzene rings is 1. The van der Waals surface area contributed by atoms with Crippen LogP contribution < -0.4 is 0 Å². The summed E-state index contributed by atoms with van der Waals surface area (Å²) in [5, 5.41) is 13.9. The average molecular weight is 410 g/mol. The van der Waals surface area contributed by atoms with Crippen LogP contribution in [0.25, 0.3) is 5.69 Å². The van der Waals surface area contributed by atoms with Gasteiger partial charge in [0, 0.05) is 62.8 Å². The topological polar surface area (TPSA) is 57.4 Å². The van der Waals surface area contributed by atoms with Gasteiger partial charge in [-0.25, -0.2) is 9.07 Å². The van der Waals surface area contributed by atoms with Crippen LogP contribution in [0.5, 0.6) is 0 Å². The van der Waals surface area contributed by atoms with Crippen molar-refractivity contribution in [3.8, 4) is 5.69 Å².